The molecular formula is C10H10N6O. The number of nitrogens with one attached hydrogen (secondary N) is 1. The number of nitrogens with two attached hydrogens (primary N) is 1. The van der Waals surface area contributed by atoms with Crippen LogP contribution in [0.15, 0.2) is 30.5 Å². The average Bonchev–Trinajstić information content (AvgIpc) is 2.38. The van der Waals surface area contributed by atoms with Crippen LogP contribution in [-0.4, -0.2) is 26.3 Å². The van der Waals surface area contributed by atoms with Gasteiger partial charge in [-0.2, -0.15) is 10.2 Å². The number of anilines is 1. The molecule has 7 nitrogen and oxygen atoms in total. The maximum Gasteiger partial charge on any atom is 0.269 e. The van der Waals surface area contributed by atoms with Crippen molar-refractivity contribution in [1.29, 1.82) is 0 Å². The normalized spacial score (nSPS) is 9.88. The molecule has 0 fully saturated rings. The van der Waals surface area contributed by atoms with Crippen molar-refractivity contribution in [2.24, 2.45) is 5.73 Å². The quantitative estimate of drug-likeness (QED) is 0.764. The lowest BCUT2D eigenvalue weighted by atomic mass is 10.3. The van der Waals surface area contributed by atoms with E-state index in [2.05, 4.69) is 25.7 Å². The number of amides is 1. The van der Waals surface area contributed by atoms with E-state index in [1.165, 1.54) is 6.07 Å². The van der Waals surface area contributed by atoms with E-state index < -0.39 is 5.91 Å². The third kappa shape index (κ3) is 2.94. The van der Waals surface area contributed by atoms with Crippen molar-refractivity contribution < 1.29 is 4.79 Å². The van der Waals surface area contributed by atoms with Crippen molar-refractivity contribution in [3.8, 4) is 0 Å². The van der Waals surface area contributed by atoms with Crippen molar-refractivity contribution in [3.05, 3.63) is 41.9 Å². The highest BCUT2D eigenvalue weighted by atomic mass is 16.1. The summed E-state index contributed by atoms with van der Waals surface area (Å²) < 4.78 is 0. The molecule has 0 saturated carbocycles. The van der Waals surface area contributed by atoms with Gasteiger partial charge in [0.1, 0.15) is 5.82 Å². The predicted molar refractivity (Wildman–Crippen MR) is 59.9 cm³/mol. The average molecular weight is 230 g/mol. The molecule has 0 atom stereocenters. The fourth-order valence-electron chi connectivity index (χ4n) is 1.17. The predicted octanol–water partition coefficient (Wildman–Crippen LogP) is -0.0224. The maximum absolute atomic E-state index is 10.8. The summed E-state index contributed by atoms with van der Waals surface area (Å²) in [6, 6.07) is 6.77. The molecular weight excluding hydrogens is 220 g/mol. The highest BCUT2D eigenvalue weighted by molar-refractivity contribution is 5.90. The summed E-state index contributed by atoms with van der Waals surface area (Å²) in [4.78, 5) is 10.8. The van der Waals surface area contributed by atoms with Gasteiger partial charge in [0.15, 0.2) is 5.69 Å². The van der Waals surface area contributed by atoms with Gasteiger partial charge in [0, 0.05) is 6.20 Å². The molecule has 0 saturated heterocycles. The van der Waals surface area contributed by atoms with Crippen LogP contribution in [0.5, 0.6) is 0 Å². The Labute approximate surface area is 97.1 Å². The third-order valence-corrected chi connectivity index (χ3v) is 2.00. The second-order valence-corrected chi connectivity index (χ2v) is 3.24. The Morgan fingerprint density at radius 3 is 2.71 bits per heavy atom. The number of rotatable bonds is 4. The molecule has 3 N–H and O–H groups in total. The van der Waals surface area contributed by atoms with Gasteiger partial charge in [-0.05, 0) is 24.3 Å². The molecule has 17 heavy (non-hydrogen) atoms. The Balaban J connectivity index is 1.98. The third-order valence-electron chi connectivity index (χ3n) is 2.00. The minimum atomic E-state index is -0.599. The molecule has 0 spiro atoms. The maximum atomic E-state index is 10.8. The highest BCUT2D eigenvalue weighted by Gasteiger charge is 2.02. The molecule has 0 aromatic carbocycles. The van der Waals surface area contributed by atoms with Gasteiger partial charge in [-0.1, -0.05) is 0 Å². The molecule has 1 amide bonds. The van der Waals surface area contributed by atoms with E-state index in [-0.39, 0.29) is 5.69 Å². The van der Waals surface area contributed by atoms with Gasteiger partial charge in [0.05, 0.1) is 12.2 Å². The Kier molecular flexibility index (Phi) is 3.20. The topological polar surface area (TPSA) is 107 Å². The molecule has 0 aliphatic carbocycles. The molecule has 2 rings (SSSR count). The summed E-state index contributed by atoms with van der Waals surface area (Å²) in [5.41, 5.74) is 5.97. The van der Waals surface area contributed by atoms with Crippen LogP contribution in [0.3, 0.4) is 0 Å². The number of hydrogen-bond donors (Lipinski definition) is 2. The van der Waals surface area contributed by atoms with Crippen LogP contribution in [0, 0.1) is 0 Å². The lowest BCUT2D eigenvalue weighted by molar-refractivity contribution is 0.0994. The lowest BCUT2D eigenvalue weighted by Gasteiger charge is -2.03. The standard InChI is InChI=1S/C10H10N6O/c11-10(17)8-3-4-9(16-15-8)12-6-7-2-1-5-13-14-7/h1-5H,6H2,(H2,11,17)(H,12,16). The first-order chi connectivity index (χ1) is 8.25. The van der Waals surface area contributed by atoms with E-state index in [0.29, 0.717) is 12.4 Å². The second kappa shape index (κ2) is 4.97. The van der Waals surface area contributed by atoms with E-state index in [0.717, 1.165) is 5.69 Å². The number of nitrogens with zero attached hydrogens (tertiary/aromatic N) is 4. The van der Waals surface area contributed by atoms with Gasteiger partial charge >= 0.3 is 0 Å². The first-order valence-electron chi connectivity index (χ1n) is 4.89. The van der Waals surface area contributed by atoms with Crippen molar-refractivity contribution >= 4 is 11.7 Å². The van der Waals surface area contributed by atoms with Crippen LogP contribution in [0.25, 0.3) is 0 Å². The Hall–Kier alpha value is -2.57. The van der Waals surface area contributed by atoms with Gasteiger partial charge in [0.2, 0.25) is 0 Å². The number of primary amides is 1. The van der Waals surface area contributed by atoms with Gasteiger partial charge in [-0.3, -0.25) is 4.79 Å². The van der Waals surface area contributed by atoms with E-state index in [1.54, 1.807) is 18.3 Å². The fraction of sp³-hybridized carbons (Fsp3) is 0.100. The summed E-state index contributed by atoms with van der Waals surface area (Å²) >= 11 is 0. The zero-order valence-corrected chi connectivity index (χ0v) is 8.87. The van der Waals surface area contributed by atoms with E-state index in [1.807, 2.05) is 6.07 Å². The van der Waals surface area contributed by atoms with E-state index >= 15 is 0 Å². The Bertz CT molecular complexity index is 498. The van der Waals surface area contributed by atoms with Crippen molar-refractivity contribution in [3.63, 3.8) is 0 Å². The molecule has 2 aromatic heterocycles. The zero-order chi connectivity index (χ0) is 12.1. The zero-order valence-electron chi connectivity index (χ0n) is 8.87. The van der Waals surface area contributed by atoms with Gasteiger partial charge in [0.25, 0.3) is 5.91 Å². The second-order valence-electron chi connectivity index (χ2n) is 3.24. The van der Waals surface area contributed by atoms with Gasteiger partial charge in [-0.25, -0.2) is 0 Å². The van der Waals surface area contributed by atoms with Crippen LogP contribution in [-0.2, 0) is 6.54 Å². The first-order valence-corrected chi connectivity index (χ1v) is 4.89. The van der Waals surface area contributed by atoms with Crippen LogP contribution in [0.2, 0.25) is 0 Å². The summed E-state index contributed by atoms with van der Waals surface area (Å²) in [5, 5.41) is 18.1. The van der Waals surface area contributed by atoms with Crippen molar-refractivity contribution in [2.75, 3.05) is 5.32 Å². The monoisotopic (exact) mass is 230 g/mol. The molecule has 2 aromatic rings. The van der Waals surface area contributed by atoms with Crippen LogP contribution in [0.1, 0.15) is 16.2 Å². The number of carbonyl (C=O) groups is 1. The van der Waals surface area contributed by atoms with Crippen LogP contribution >= 0.6 is 0 Å². The van der Waals surface area contributed by atoms with Gasteiger partial charge in [-0.15, -0.1) is 10.2 Å². The fourth-order valence-corrected chi connectivity index (χ4v) is 1.17. The highest BCUT2D eigenvalue weighted by Crippen LogP contribution is 2.03. The SMILES string of the molecule is NC(=O)c1ccc(NCc2cccnn2)nn1. The minimum Gasteiger partial charge on any atom is -0.364 e. The minimum absolute atomic E-state index is 0.134. The molecule has 0 aliphatic rings. The molecule has 0 bridgehead atoms. The first kappa shape index (κ1) is 10.9. The summed E-state index contributed by atoms with van der Waals surface area (Å²) in [6.45, 7) is 0.485. The smallest absolute Gasteiger partial charge is 0.269 e. The summed E-state index contributed by atoms with van der Waals surface area (Å²) in [6.07, 6.45) is 1.60. The van der Waals surface area contributed by atoms with Crippen LogP contribution < -0.4 is 11.1 Å². The Morgan fingerprint density at radius 2 is 2.12 bits per heavy atom. The number of aromatic nitrogens is 4. The molecule has 0 unspecified atom stereocenters. The van der Waals surface area contributed by atoms with E-state index in [4.69, 9.17) is 5.73 Å². The largest absolute Gasteiger partial charge is 0.364 e. The molecule has 86 valence electrons. The molecule has 0 radical (unpaired) electrons. The van der Waals surface area contributed by atoms with Crippen LogP contribution in [0.4, 0.5) is 5.82 Å². The lowest BCUT2D eigenvalue weighted by Crippen LogP contribution is -2.14. The number of hydrogen-bond acceptors (Lipinski definition) is 6. The van der Waals surface area contributed by atoms with Gasteiger partial charge < -0.3 is 11.1 Å². The molecule has 2 heterocycles. The summed E-state index contributed by atoms with van der Waals surface area (Å²) in [7, 11) is 0. The van der Waals surface area contributed by atoms with Crippen molar-refractivity contribution in [2.45, 2.75) is 6.54 Å². The number of carbonyl (C=O) groups excluding carboxylic acids is 1. The van der Waals surface area contributed by atoms with Crippen molar-refractivity contribution in [1.82, 2.24) is 20.4 Å². The Morgan fingerprint density at radius 1 is 1.24 bits per heavy atom. The molecule has 7 heteroatoms. The molecule has 0 aliphatic heterocycles. The summed E-state index contributed by atoms with van der Waals surface area (Å²) in [5.74, 6) is -0.0568. The van der Waals surface area contributed by atoms with E-state index in [9.17, 15) is 4.79 Å².